The number of carbonyl (C=O) groups excluding carboxylic acids is 1. The first kappa shape index (κ1) is 14.1. The number of hydrogen-bond donors (Lipinski definition) is 0. The number of ether oxygens (including phenoxy) is 1. The minimum absolute atomic E-state index is 0.00820. The topological polar surface area (TPSA) is 69.7 Å². The maximum absolute atomic E-state index is 12.4. The lowest BCUT2D eigenvalue weighted by Gasteiger charge is -2.41. The van der Waals surface area contributed by atoms with Crippen LogP contribution in [-0.2, 0) is 23.8 Å². The zero-order valence-corrected chi connectivity index (χ0v) is 12.9. The molecule has 0 aromatic rings. The molecule has 0 amide bonds. The molecule has 20 heavy (non-hydrogen) atoms. The Hall–Kier alpha value is -0.880. The molecule has 0 aromatic carbocycles. The monoisotopic (exact) mass is 300 g/mol. The van der Waals surface area contributed by atoms with E-state index in [1.165, 1.54) is 0 Å². The first-order valence-corrected chi connectivity index (χ1v) is 8.35. The van der Waals surface area contributed by atoms with Gasteiger partial charge in [-0.1, -0.05) is 27.4 Å². The van der Waals surface area contributed by atoms with Crippen LogP contribution >= 0.6 is 0 Å². The highest BCUT2D eigenvalue weighted by Gasteiger charge is 2.81. The third kappa shape index (κ3) is 1.27. The van der Waals surface area contributed by atoms with Gasteiger partial charge in [-0.25, -0.2) is 4.79 Å². The highest BCUT2D eigenvalue weighted by molar-refractivity contribution is 7.87. The van der Waals surface area contributed by atoms with Crippen LogP contribution < -0.4 is 0 Å². The zero-order chi connectivity index (χ0) is 15.1. The molecule has 0 spiro atoms. The highest BCUT2D eigenvalue weighted by atomic mass is 32.2. The van der Waals surface area contributed by atoms with Crippen molar-refractivity contribution in [1.82, 2.24) is 0 Å². The van der Waals surface area contributed by atoms with Gasteiger partial charge in [0.25, 0.3) is 10.1 Å². The van der Waals surface area contributed by atoms with Crippen molar-refractivity contribution < 1.29 is 22.1 Å². The summed E-state index contributed by atoms with van der Waals surface area (Å²) in [6.07, 6.45) is 0.412. The quantitative estimate of drug-likeness (QED) is 0.439. The standard InChI is InChI=1S/C14H20O5S/c1-6-9(15)18-12-11-10-7(2)13(12,4)8(3)14(10,5)19-20(11,16)17/h6-8,10-12H,1H2,2-5H3. The molecule has 1 saturated heterocycles. The predicted octanol–water partition coefficient (Wildman–Crippen LogP) is 1.49. The van der Waals surface area contributed by atoms with Crippen LogP contribution in [0.3, 0.4) is 0 Å². The van der Waals surface area contributed by atoms with Crippen LogP contribution in [0.4, 0.5) is 0 Å². The lowest BCUT2D eigenvalue weighted by Crippen LogP contribution is -2.51. The third-order valence-corrected chi connectivity index (χ3v) is 8.08. The summed E-state index contributed by atoms with van der Waals surface area (Å²) in [5, 5.41) is -0.757. The molecule has 1 heterocycles. The Kier molecular flexibility index (Phi) is 2.57. The summed E-state index contributed by atoms with van der Waals surface area (Å²) in [6.45, 7) is 11.3. The summed E-state index contributed by atoms with van der Waals surface area (Å²) in [6, 6.07) is 0. The van der Waals surface area contributed by atoms with Crippen molar-refractivity contribution in [2.24, 2.45) is 23.2 Å². The second-order valence-corrected chi connectivity index (χ2v) is 8.38. The van der Waals surface area contributed by atoms with E-state index in [-0.39, 0.29) is 17.8 Å². The van der Waals surface area contributed by atoms with E-state index in [9.17, 15) is 13.2 Å². The normalized spacial score (nSPS) is 54.9. The minimum atomic E-state index is -3.71. The molecule has 7 unspecified atom stereocenters. The van der Waals surface area contributed by atoms with E-state index in [1.54, 1.807) is 0 Å². The SMILES string of the molecule is C=CC(=O)OC1C2C3C(C)C1(C)C(C)C3(C)OS2(=O)=O. The Morgan fingerprint density at radius 1 is 1.35 bits per heavy atom. The van der Waals surface area contributed by atoms with E-state index in [0.29, 0.717) is 0 Å². The van der Waals surface area contributed by atoms with Gasteiger partial charge >= 0.3 is 5.97 Å². The Bertz CT molecular complexity index is 597. The Morgan fingerprint density at radius 2 is 1.95 bits per heavy atom. The van der Waals surface area contributed by atoms with E-state index < -0.39 is 38.5 Å². The third-order valence-electron chi connectivity index (χ3n) is 6.28. The molecule has 7 atom stereocenters. The van der Waals surface area contributed by atoms with Crippen LogP contribution in [0.25, 0.3) is 0 Å². The van der Waals surface area contributed by atoms with Gasteiger partial charge in [0.2, 0.25) is 0 Å². The van der Waals surface area contributed by atoms with Crippen molar-refractivity contribution in [3.8, 4) is 0 Å². The second-order valence-electron chi connectivity index (χ2n) is 6.69. The number of esters is 1. The van der Waals surface area contributed by atoms with Crippen LogP contribution in [0.2, 0.25) is 0 Å². The summed E-state index contributed by atoms with van der Waals surface area (Å²) in [5.41, 5.74) is -1.08. The first-order chi connectivity index (χ1) is 9.10. The molecule has 1 aliphatic heterocycles. The highest BCUT2D eigenvalue weighted by Crippen LogP contribution is 2.72. The summed E-state index contributed by atoms with van der Waals surface area (Å²) in [7, 11) is -3.71. The molecule has 112 valence electrons. The average Bonchev–Trinajstić information content (AvgIpc) is 2.75. The number of rotatable bonds is 2. The molecule has 0 N–H and O–H groups in total. The molecule has 2 saturated carbocycles. The summed E-state index contributed by atoms with van der Waals surface area (Å²) >= 11 is 0. The Morgan fingerprint density at radius 3 is 2.50 bits per heavy atom. The van der Waals surface area contributed by atoms with Gasteiger partial charge in [-0.15, -0.1) is 0 Å². The van der Waals surface area contributed by atoms with E-state index in [4.69, 9.17) is 8.92 Å². The number of fused-ring (bicyclic) bond motifs is 1. The van der Waals surface area contributed by atoms with Gasteiger partial charge in [0.15, 0.2) is 0 Å². The van der Waals surface area contributed by atoms with Gasteiger partial charge in [-0.05, 0) is 18.8 Å². The molecular formula is C14H20O5S. The molecule has 3 aliphatic rings. The van der Waals surface area contributed by atoms with Crippen molar-refractivity contribution in [1.29, 1.82) is 0 Å². The fourth-order valence-corrected chi connectivity index (χ4v) is 7.36. The fraction of sp³-hybridized carbons (Fsp3) is 0.786. The van der Waals surface area contributed by atoms with E-state index >= 15 is 0 Å². The van der Waals surface area contributed by atoms with Crippen molar-refractivity contribution in [3.05, 3.63) is 12.7 Å². The lowest BCUT2D eigenvalue weighted by atomic mass is 9.68. The molecule has 5 nitrogen and oxygen atoms in total. The molecule has 3 fully saturated rings. The van der Waals surface area contributed by atoms with Crippen molar-refractivity contribution in [2.75, 3.05) is 0 Å². The molecule has 0 radical (unpaired) electrons. The van der Waals surface area contributed by atoms with Crippen molar-refractivity contribution >= 4 is 16.1 Å². The number of carbonyl (C=O) groups is 1. The summed E-state index contributed by atoms with van der Waals surface area (Å²) in [5.74, 6) is -0.597. The van der Waals surface area contributed by atoms with Crippen molar-refractivity contribution in [2.45, 2.75) is 44.6 Å². The van der Waals surface area contributed by atoms with Gasteiger partial charge in [0.1, 0.15) is 11.4 Å². The van der Waals surface area contributed by atoms with Crippen LogP contribution in [0.15, 0.2) is 12.7 Å². The lowest BCUT2D eigenvalue weighted by molar-refractivity contribution is -0.154. The average molecular weight is 300 g/mol. The van der Waals surface area contributed by atoms with Gasteiger partial charge in [0.05, 0.1) is 5.60 Å². The minimum Gasteiger partial charge on any atom is -0.457 e. The zero-order valence-electron chi connectivity index (χ0n) is 12.1. The summed E-state index contributed by atoms with van der Waals surface area (Å²) in [4.78, 5) is 11.6. The Labute approximate surface area is 119 Å². The molecule has 2 bridgehead atoms. The maximum atomic E-state index is 12.4. The van der Waals surface area contributed by atoms with Crippen LogP contribution in [0.5, 0.6) is 0 Å². The summed E-state index contributed by atoms with van der Waals surface area (Å²) < 4.78 is 35.6. The van der Waals surface area contributed by atoms with Crippen molar-refractivity contribution in [3.63, 3.8) is 0 Å². The molecule has 0 aromatic heterocycles. The van der Waals surface area contributed by atoms with Gasteiger partial charge in [0, 0.05) is 17.4 Å². The van der Waals surface area contributed by atoms with Crippen LogP contribution in [0, 0.1) is 23.2 Å². The van der Waals surface area contributed by atoms with E-state index in [2.05, 4.69) is 6.58 Å². The Balaban J connectivity index is 2.15. The van der Waals surface area contributed by atoms with Crippen LogP contribution in [-0.4, -0.2) is 31.3 Å². The van der Waals surface area contributed by atoms with E-state index in [0.717, 1.165) is 6.08 Å². The smallest absolute Gasteiger partial charge is 0.330 e. The first-order valence-electron chi connectivity index (χ1n) is 6.88. The maximum Gasteiger partial charge on any atom is 0.330 e. The number of hydrogen-bond acceptors (Lipinski definition) is 5. The molecule has 2 aliphatic carbocycles. The fourth-order valence-electron chi connectivity index (χ4n) is 4.97. The largest absolute Gasteiger partial charge is 0.457 e. The van der Waals surface area contributed by atoms with Gasteiger partial charge < -0.3 is 4.74 Å². The van der Waals surface area contributed by atoms with Crippen LogP contribution in [0.1, 0.15) is 27.7 Å². The second kappa shape index (κ2) is 3.65. The molecule has 3 rings (SSSR count). The molecular weight excluding hydrogens is 280 g/mol. The van der Waals surface area contributed by atoms with Gasteiger partial charge in [-0.3, -0.25) is 4.18 Å². The van der Waals surface area contributed by atoms with E-state index in [1.807, 2.05) is 27.7 Å². The predicted molar refractivity (Wildman–Crippen MR) is 72.2 cm³/mol. The van der Waals surface area contributed by atoms with Gasteiger partial charge in [-0.2, -0.15) is 8.42 Å². The molecule has 6 heteroatoms.